The number of aromatic nitrogens is 3. The summed E-state index contributed by atoms with van der Waals surface area (Å²) < 4.78 is 7.39. The van der Waals surface area contributed by atoms with E-state index in [1.165, 1.54) is 52.9 Å². The number of rotatable bonds is 3. The molecular formula is C41H25N3S. The molecule has 10 rings (SSSR count). The Labute approximate surface area is 262 Å². The molecule has 0 radical (unpaired) electrons. The molecule has 0 spiro atoms. The van der Waals surface area contributed by atoms with Crippen molar-refractivity contribution >= 4 is 75.3 Å². The van der Waals surface area contributed by atoms with Crippen molar-refractivity contribution in [2.24, 2.45) is 0 Å². The Morgan fingerprint density at radius 1 is 0.422 bits per heavy atom. The third-order valence-corrected chi connectivity index (χ3v) is 10.3. The highest BCUT2D eigenvalue weighted by Crippen LogP contribution is 2.43. The maximum Gasteiger partial charge on any atom is 0.0971 e. The summed E-state index contributed by atoms with van der Waals surface area (Å²) >= 11 is 1.86. The number of fused-ring (bicyclic) bond motifs is 10. The quantitative estimate of drug-likeness (QED) is 0.200. The smallest absolute Gasteiger partial charge is 0.0971 e. The monoisotopic (exact) mass is 591 g/mol. The van der Waals surface area contributed by atoms with Crippen molar-refractivity contribution in [3.05, 3.63) is 152 Å². The highest BCUT2D eigenvalue weighted by Gasteiger charge is 2.20. The second-order valence-electron chi connectivity index (χ2n) is 11.6. The highest BCUT2D eigenvalue weighted by atomic mass is 32.1. The summed E-state index contributed by atoms with van der Waals surface area (Å²) in [5.41, 5.74) is 10.1. The maximum absolute atomic E-state index is 5.30. The molecule has 0 aliphatic rings. The average Bonchev–Trinajstić information content (AvgIpc) is 3.76. The fraction of sp³-hybridized carbons (Fsp3) is 0. The summed E-state index contributed by atoms with van der Waals surface area (Å²) in [4.78, 5) is 5.30. The van der Waals surface area contributed by atoms with Crippen molar-refractivity contribution in [3.8, 4) is 22.6 Å². The lowest BCUT2D eigenvalue weighted by Crippen LogP contribution is -1.97. The predicted molar refractivity (Wildman–Crippen MR) is 191 cm³/mol. The van der Waals surface area contributed by atoms with Crippen LogP contribution in [0.5, 0.6) is 0 Å². The lowest BCUT2D eigenvalue weighted by molar-refractivity contribution is 1.15. The van der Waals surface area contributed by atoms with Crippen LogP contribution < -0.4 is 0 Å². The van der Waals surface area contributed by atoms with E-state index in [1.54, 1.807) is 0 Å². The van der Waals surface area contributed by atoms with Crippen molar-refractivity contribution in [2.45, 2.75) is 0 Å². The third-order valence-electron chi connectivity index (χ3n) is 9.13. The molecule has 45 heavy (non-hydrogen) atoms. The summed E-state index contributed by atoms with van der Waals surface area (Å²) in [6, 6.07) is 54.5. The molecule has 6 aromatic carbocycles. The molecule has 0 atom stereocenters. The number of pyridine rings is 1. The third kappa shape index (κ3) is 3.54. The Morgan fingerprint density at radius 2 is 1.04 bits per heavy atom. The van der Waals surface area contributed by atoms with E-state index >= 15 is 0 Å². The summed E-state index contributed by atoms with van der Waals surface area (Å²) in [6.45, 7) is 0. The van der Waals surface area contributed by atoms with E-state index in [9.17, 15) is 0 Å². The van der Waals surface area contributed by atoms with E-state index in [-0.39, 0.29) is 0 Å². The number of para-hydroxylation sites is 2. The topological polar surface area (TPSA) is 22.8 Å². The van der Waals surface area contributed by atoms with Crippen molar-refractivity contribution in [3.63, 3.8) is 0 Å². The van der Waals surface area contributed by atoms with Crippen LogP contribution in [0.3, 0.4) is 0 Å². The van der Waals surface area contributed by atoms with Crippen LogP contribution in [0.1, 0.15) is 0 Å². The zero-order valence-corrected chi connectivity index (χ0v) is 25.0. The molecule has 0 aliphatic heterocycles. The molecule has 0 bridgehead atoms. The highest BCUT2D eigenvalue weighted by molar-refractivity contribution is 7.26. The first kappa shape index (κ1) is 24.7. The molecule has 0 aliphatic carbocycles. The van der Waals surface area contributed by atoms with Gasteiger partial charge in [-0.3, -0.25) is 0 Å². The molecule has 210 valence electrons. The summed E-state index contributed by atoms with van der Waals surface area (Å²) in [5, 5.41) is 6.29. The number of hydrogen-bond donors (Lipinski definition) is 0. The lowest BCUT2D eigenvalue weighted by Gasteiger charge is -2.12. The molecule has 0 amide bonds. The summed E-state index contributed by atoms with van der Waals surface area (Å²) in [6.07, 6.45) is 0. The van der Waals surface area contributed by atoms with Gasteiger partial charge < -0.3 is 9.13 Å². The Morgan fingerprint density at radius 3 is 1.78 bits per heavy atom. The zero-order chi connectivity index (χ0) is 29.5. The van der Waals surface area contributed by atoms with Crippen LogP contribution in [-0.2, 0) is 0 Å². The van der Waals surface area contributed by atoms with Gasteiger partial charge in [0.25, 0.3) is 0 Å². The van der Waals surface area contributed by atoms with Gasteiger partial charge in [0.2, 0.25) is 0 Å². The number of benzene rings is 6. The van der Waals surface area contributed by atoms with Gasteiger partial charge in [-0.15, -0.1) is 11.3 Å². The van der Waals surface area contributed by atoms with Gasteiger partial charge in [-0.2, -0.15) is 0 Å². The van der Waals surface area contributed by atoms with Crippen molar-refractivity contribution in [1.29, 1.82) is 0 Å². The van der Waals surface area contributed by atoms with Gasteiger partial charge in [-0.05, 0) is 66.7 Å². The van der Waals surface area contributed by atoms with Crippen LogP contribution in [0, 0.1) is 0 Å². The van der Waals surface area contributed by atoms with Crippen molar-refractivity contribution in [1.82, 2.24) is 14.1 Å². The molecule has 4 heterocycles. The SMILES string of the molecule is c1ccc(-c2ccc3c(n2)c2ccc4sc5ccccc5c4c2n3-c2ccc(-n3c4ccccc4c4ccccc43)cc2)cc1. The molecule has 0 N–H and O–H groups in total. The standard InChI is InChI=1S/C41H25N3S/c1-2-10-26(11-3-1)33-23-24-36-40(42-33)32-22-25-38-39(31-14-6-9-17-37(31)45-38)41(32)44(36)28-20-18-27(19-21-28)43-34-15-7-4-12-29(34)30-13-5-8-16-35(30)43/h1-25H. The molecule has 10 aromatic rings. The minimum Gasteiger partial charge on any atom is -0.309 e. The van der Waals surface area contributed by atoms with Crippen LogP contribution in [0.4, 0.5) is 0 Å². The molecule has 4 aromatic heterocycles. The molecule has 4 heteroatoms. The van der Waals surface area contributed by atoms with Gasteiger partial charge in [-0.25, -0.2) is 4.98 Å². The van der Waals surface area contributed by atoms with Crippen molar-refractivity contribution < 1.29 is 0 Å². The molecule has 0 unspecified atom stereocenters. The summed E-state index contributed by atoms with van der Waals surface area (Å²) in [5.74, 6) is 0. The van der Waals surface area contributed by atoms with Gasteiger partial charge >= 0.3 is 0 Å². The van der Waals surface area contributed by atoms with Gasteiger partial charge in [0.05, 0.1) is 33.3 Å². The molecule has 0 fully saturated rings. The Hall–Kier alpha value is -5.71. The normalized spacial score (nSPS) is 12.0. The van der Waals surface area contributed by atoms with Gasteiger partial charge in [0, 0.05) is 53.3 Å². The molecule has 3 nitrogen and oxygen atoms in total. The van der Waals surface area contributed by atoms with E-state index in [1.807, 2.05) is 11.3 Å². The van der Waals surface area contributed by atoms with Crippen LogP contribution in [0.15, 0.2) is 152 Å². The van der Waals surface area contributed by atoms with E-state index in [0.29, 0.717) is 0 Å². The van der Waals surface area contributed by atoms with Crippen LogP contribution in [-0.4, -0.2) is 14.1 Å². The fourth-order valence-corrected chi connectivity index (χ4v) is 8.27. The molecule has 0 saturated heterocycles. The lowest BCUT2D eigenvalue weighted by atomic mass is 10.1. The average molecular weight is 592 g/mol. The molecule has 0 saturated carbocycles. The Bertz CT molecular complexity index is 2690. The van der Waals surface area contributed by atoms with Gasteiger partial charge in [-0.1, -0.05) is 84.9 Å². The summed E-state index contributed by atoms with van der Waals surface area (Å²) in [7, 11) is 0. The number of nitrogens with zero attached hydrogens (tertiary/aromatic N) is 3. The van der Waals surface area contributed by atoms with Crippen molar-refractivity contribution in [2.75, 3.05) is 0 Å². The largest absolute Gasteiger partial charge is 0.309 e. The van der Waals surface area contributed by atoms with E-state index in [2.05, 4.69) is 161 Å². The maximum atomic E-state index is 5.30. The minimum atomic E-state index is 0.985. The second-order valence-corrected chi connectivity index (χ2v) is 12.7. The van der Waals surface area contributed by atoms with E-state index in [4.69, 9.17) is 4.98 Å². The zero-order valence-electron chi connectivity index (χ0n) is 24.2. The van der Waals surface area contributed by atoms with Gasteiger partial charge in [0.1, 0.15) is 0 Å². The molecular weight excluding hydrogens is 567 g/mol. The fourth-order valence-electron chi connectivity index (χ4n) is 7.16. The Balaban J connectivity index is 1.26. The van der Waals surface area contributed by atoms with Crippen LogP contribution >= 0.6 is 11.3 Å². The Kier molecular flexibility index (Phi) is 5.16. The first-order chi connectivity index (χ1) is 22.3. The predicted octanol–water partition coefficient (Wildman–Crippen LogP) is 11.3. The number of thiophene rings is 1. The first-order valence-corrected chi connectivity index (χ1v) is 16.0. The van der Waals surface area contributed by atoms with Crippen LogP contribution in [0.2, 0.25) is 0 Å². The van der Waals surface area contributed by atoms with E-state index < -0.39 is 0 Å². The van der Waals surface area contributed by atoms with E-state index in [0.717, 1.165) is 33.7 Å². The number of hydrogen-bond acceptors (Lipinski definition) is 2. The van der Waals surface area contributed by atoms with Gasteiger partial charge in [0.15, 0.2) is 0 Å². The second kappa shape index (κ2) is 9.39. The van der Waals surface area contributed by atoms with Crippen LogP contribution in [0.25, 0.3) is 86.5 Å². The minimum absolute atomic E-state index is 0.985. The first-order valence-electron chi connectivity index (χ1n) is 15.2.